The number of ether oxygens (including phenoxy) is 16. The van der Waals surface area contributed by atoms with Crippen LogP contribution in [0.5, 0.6) is 57.5 Å². The topological polar surface area (TPSA) is 155 Å². The van der Waals surface area contributed by atoms with Gasteiger partial charge >= 0.3 is 132 Å². The van der Waals surface area contributed by atoms with E-state index in [2.05, 4.69) is 252 Å². The first-order valence-corrected chi connectivity index (χ1v) is 55.2. The first-order chi connectivity index (χ1) is 66.9. The molecule has 0 unspecified atom stereocenters. The van der Waals surface area contributed by atoms with Gasteiger partial charge in [-0.2, -0.15) is 0 Å². The predicted octanol–water partition coefficient (Wildman–Crippen LogP) is 27.6. The summed E-state index contributed by atoms with van der Waals surface area (Å²) >= 11 is 0. The second kappa shape index (κ2) is 48.2. The number of methoxy groups -OCH3 is 6. The van der Waals surface area contributed by atoms with Gasteiger partial charge in [0.05, 0.1) is 134 Å². The van der Waals surface area contributed by atoms with Gasteiger partial charge in [0, 0.05) is 47.5 Å². The molecule has 144 heavy (non-hydrogen) atoms. The van der Waals surface area contributed by atoms with Crippen molar-refractivity contribution >= 4 is 77.6 Å². The molecule has 0 saturated heterocycles. The molecule has 3 heterocycles. The molecule has 0 N–H and O–H groups in total. The zero-order valence-corrected chi connectivity index (χ0v) is 83.4. The fourth-order valence-electron chi connectivity index (χ4n) is 13.7. The maximum atomic E-state index is 9.87. The van der Waals surface area contributed by atoms with Crippen LogP contribution < -0.4 is 88.3 Å². The van der Waals surface area contributed by atoms with Crippen LogP contribution >= 0.6 is 45.8 Å². The molecular formula is C96H106F24N2O16P6. The third-order valence-electron chi connectivity index (χ3n) is 19.9. The number of pyridine rings is 2. The standard InChI is InChI=1S/C68H66N2O6P2.C28H40O10.4F6P/c1-71-57-15-27-63(28-16-57)77(64-29-17-58(72-2)18-30-64,65-31-19-59(73-3)20-32-65)49-53-11-7-51(8-12-53)47-69-43-39-55(40-44-69)56-41-45-70(46-42-56)48-52-9-13-54(14-10-52)50-78(66-33-21-60(74-4)22-34-66,67-35-23-61(75-5)24-36-67)68-37-25-62(76-6)26-38-68;1-3-25-23-26(4-1)36-20-16-32-12-8-30-10-14-34-18-22-38-28-6-2-5-27(24-28)37-21-17-33-13-9-29-7-11-31-15-19-35-25;4*1-7(2,3,4,5)6/h7-46H,47-50H2,1-6H3;1-6,23-24H,7-22H2;;;;/q+4;;4*-1. The van der Waals surface area contributed by atoms with Crippen molar-refractivity contribution in [3.63, 3.8) is 0 Å². The van der Waals surface area contributed by atoms with Crippen LogP contribution in [0.15, 0.2) is 292 Å². The first kappa shape index (κ1) is 118. The van der Waals surface area contributed by atoms with E-state index in [1.54, 1.807) is 42.7 Å². The van der Waals surface area contributed by atoms with Gasteiger partial charge in [-0.1, -0.05) is 60.7 Å². The SMILES string of the molecule is COc1ccc([P+](Cc2ccc(C[n+]3ccc(-c4cc[n+](Cc5ccc(C[P+](c6ccc(OC)cc6)(c6ccc(OC)cc6)c6ccc(OC)cc6)cc5)cc4)cc3)cc2)(c2ccc(OC)cc2)c2ccc(OC)cc2)cc1.F[P-](F)(F)(F)(F)F.F[P-](F)(F)(F)(F)F.F[P-](F)(F)(F)(F)F.F[P-](F)(F)(F)(F)F.c1cc2cc(c1)OCCOCCOCCOCCOc1cccc(c1)OCCOCCOCCOCCO2. The Bertz CT molecular complexity index is 5180. The minimum atomic E-state index is -10.7. The Morgan fingerprint density at radius 2 is 0.375 bits per heavy atom. The van der Waals surface area contributed by atoms with E-state index in [0.717, 1.165) is 82.9 Å². The molecule has 0 aliphatic carbocycles. The summed E-state index contributed by atoms with van der Waals surface area (Å²) in [5.41, 5.74) is 7.36. The smallest absolute Gasteiger partial charge is 0.123 e. The zero-order chi connectivity index (χ0) is 106. The molecule has 48 heteroatoms. The molecule has 0 atom stereocenters. The minimum Gasteiger partial charge on any atom is -0.491 e. The van der Waals surface area contributed by atoms with Crippen LogP contribution in [-0.2, 0) is 53.8 Å². The molecule has 1 aliphatic rings. The summed E-state index contributed by atoms with van der Waals surface area (Å²) < 4.78 is 331. The second-order valence-electron chi connectivity index (χ2n) is 31.1. The number of hydrogen-bond acceptors (Lipinski definition) is 16. The van der Waals surface area contributed by atoms with E-state index in [0.29, 0.717) is 106 Å². The third-order valence-corrected chi connectivity index (χ3v) is 28.7. The van der Waals surface area contributed by atoms with Crippen LogP contribution in [0.1, 0.15) is 22.3 Å². The van der Waals surface area contributed by atoms with Gasteiger partial charge in [-0.3, -0.25) is 0 Å². The number of nitrogens with zero attached hydrogens (tertiary/aromatic N) is 2. The minimum absolute atomic E-state index is 0.440. The summed E-state index contributed by atoms with van der Waals surface area (Å²) in [7, 11) is -36.8. The van der Waals surface area contributed by atoms with Crippen LogP contribution in [-0.4, -0.2) is 148 Å². The molecule has 2 aromatic heterocycles. The Morgan fingerprint density at radius 1 is 0.215 bits per heavy atom. The van der Waals surface area contributed by atoms with Crippen molar-refractivity contribution in [2.24, 2.45) is 0 Å². The second-order valence-corrected chi connectivity index (χ2v) is 45.8. The quantitative estimate of drug-likeness (QED) is 0.0380. The molecule has 0 amide bonds. The molecule has 4 bridgehead atoms. The molecule has 0 radical (unpaired) electrons. The summed E-state index contributed by atoms with van der Waals surface area (Å²) in [5, 5.41) is 7.64. The summed E-state index contributed by atoms with van der Waals surface area (Å²) in [6.45, 7) is 9.10. The van der Waals surface area contributed by atoms with Gasteiger partial charge in [0.15, 0.2) is 37.9 Å². The molecule has 10 aromatic carbocycles. The molecule has 0 fully saturated rings. The van der Waals surface area contributed by atoms with Gasteiger partial charge in [-0.25, -0.2) is 9.13 Å². The third kappa shape index (κ3) is 49.8. The fourth-order valence-corrected chi connectivity index (χ4v) is 22.1. The molecule has 1 aliphatic heterocycles. The van der Waals surface area contributed by atoms with Crippen molar-refractivity contribution in [1.29, 1.82) is 0 Å². The van der Waals surface area contributed by atoms with Crippen LogP contribution in [0.4, 0.5) is 101 Å². The van der Waals surface area contributed by atoms with Crippen molar-refractivity contribution < 1.29 is 186 Å². The number of fused-ring (bicyclic) bond motifs is 4. The Morgan fingerprint density at radius 3 is 0.542 bits per heavy atom. The number of rotatable bonds is 21. The fraction of sp³-hybridized carbons (Fsp3) is 0.271. The number of hydrogen-bond donors (Lipinski definition) is 0. The largest absolute Gasteiger partial charge is 0.491 e. The van der Waals surface area contributed by atoms with Gasteiger partial charge in [0.2, 0.25) is 0 Å². The summed E-state index contributed by atoms with van der Waals surface area (Å²) in [6, 6.07) is 93.8. The van der Waals surface area contributed by atoms with Gasteiger partial charge in [-0.05, 0) is 192 Å². The Balaban J connectivity index is 0.000000314. The Hall–Kier alpha value is -10.8. The van der Waals surface area contributed by atoms with E-state index in [1.807, 2.05) is 48.5 Å². The maximum Gasteiger partial charge on any atom is 0.123 e. The average molecular weight is 2190 g/mol. The van der Waals surface area contributed by atoms with Crippen molar-refractivity contribution in [2.45, 2.75) is 25.4 Å². The molecule has 12 aromatic rings. The van der Waals surface area contributed by atoms with E-state index < -0.39 is 45.8 Å². The summed E-state index contributed by atoms with van der Waals surface area (Å²) in [6.07, 6.45) is 10.4. The van der Waals surface area contributed by atoms with Crippen LogP contribution in [0.3, 0.4) is 0 Å². The van der Waals surface area contributed by atoms with Crippen molar-refractivity contribution in [2.75, 3.05) is 148 Å². The van der Waals surface area contributed by atoms with E-state index in [1.165, 1.54) is 65.2 Å². The summed E-state index contributed by atoms with van der Waals surface area (Å²) in [5.74, 6) is 7.92. The van der Waals surface area contributed by atoms with E-state index in [9.17, 15) is 101 Å². The average Bonchev–Trinajstić information content (AvgIpc) is 0.744. The van der Waals surface area contributed by atoms with Crippen molar-refractivity contribution in [3.8, 4) is 68.6 Å². The van der Waals surface area contributed by atoms with Gasteiger partial charge < -0.3 is 75.8 Å². The Labute approximate surface area is 815 Å². The number of benzene rings is 10. The van der Waals surface area contributed by atoms with Crippen molar-refractivity contribution in [3.05, 3.63) is 314 Å². The van der Waals surface area contributed by atoms with E-state index in [-0.39, 0.29) is 0 Å². The molecular weight excluding hydrogens is 2080 g/mol. The molecule has 794 valence electrons. The monoisotopic (exact) mass is 2180 g/mol. The first-order valence-electron chi connectivity index (χ1n) is 43.2. The van der Waals surface area contributed by atoms with Crippen LogP contribution in [0.25, 0.3) is 11.1 Å². The molecule has 0 saturated carbocycles. The number of halogens is 24. The number of aromatic nitrogens is 2. The normalized spacial score (nSPS) is 15.7. The van der Waals surface area contributed by atoms with Crippen molar-refractivity contribution in [1.82, 2.24) is 0 Å². The van der Waals surface area contributed by atoms with Gasteiger partial charge in [-0.15, -0.1) is 0 Å². The van der Waals surface area contributed by atoms with Crippen LogP contribution in [0, 0.1) is 0 Å². The molecule has 18 nitrogen and oxygen atoms in total. The molecule has 0 spiro atoms. The van der Waals surface area contributed by atoms with E-state index in [4.69, 9.17) is 75.8 Å². The van der Waals surface area contributed by atoms with E-state index >= 15 is 0 Å². The predicted molar refractivity (Wildman–Crippen MR) is 514 cm³/mol. The Kier molecular flexibility index (Phi) is 39.6. The van der Waals surface area contributed by atoms with Crippen LogP contribution in [0.2, 0.25) is 0 Å². The maximum absolute atomic E-state index is 10.7. The molecule has 13 rings (SSSR count). The van der Waals surface area contributed by atoms with Gasteiger partial charge in [0.1, 0.15) is 130 Å². The zero-order valence-electron chi connectivity index (χ0n) is 78.0. The summed E-state index contributed by atoms with van der Waals surface area (Å²) in [4.78, 5) is 0. The van der Waals surface area contributed by atoms with Gasteiger partial charge in [0.25, 0.3) is 0 Å².